The third-order valence-corrected chi connectivity index (χ3v) is 3.24. The van der Waals surface area contributed by atoms with Crippen molar-refractivity contribution in [1.82, 2.24) is 10.3 Å². The predicted molar refractivity (Wildman–Crippen MR) is 84.6 cm³/mol. The van der Waals surface area contributed by atoms with Crippen LogP contribution in [0.15, 0.2) is 30.3 Å². The number of nitrogens with zero attached hydrogens (tertiary/aromatic N) is 1. The second kappa shape index (κ2) is 7.04. The van der Waals surface area contributed by atoms with Gasteiger partial charge in [-0.2, -0.15) is 0 Å². The number of aryl methyl sites for hydroxylation is 1. The van der Waals surface area contributed by atoms with Gasteiger partial charge in [-0.05, 0) is 32.4 Å². The van der Waals surface area contributed by atoms with Crippen molar-refractivity contribution in [3.63, 3.8) is 0 Å². The van der Waals surface area contributed by atoms with E-state index in [1.807, 2.05) is 44.2 Å². The number of carbonyl (C=O) groups is 1. The van der Waals surface area contributed by atoms with Crippen LogP contribution in [0.4, 0.5) is 10.5 Å². The topological polar surface area (TPSA) is 63.2 Å². The Bertz CT molecular complexity index is 628. The minimum atomic E-state index is -0.227. The van der Waals surface area contributed by atoms with E-state index in [-0.39, 0.29) is 12.1 Å². The monoisotopic (exact) mass is 287 g/mol. The normalized spacial score (nSPS) is 12.1. The molecule has 2 amide bonds. The van der Waals surface area contributed by atoms with Crippen LogP contribution in [0.3, 0.4) is 0 Å². The Balaban J connectivity index is 2.09. The number of benzene rings is 1. The van der Waals surface area contributed by atoms with Gasteiger partial charge in [0.1, 0.15) is 0 Å². The number of urea groups is 1. The average Bonchev–Trinajstić information content (AvgIpc) is 2.45. The van der Waals surface area contributed by atoms with Gasteiger partial charge in [0.15, 0.2) is 0 Å². The largest absolute Gasteiger partial charge is 0.385 e. The number of anilines is 1. The summed E-state index contributed by atoms with van der Waals surface area (Å²) >= 11 is 0. The number of methoxy groups -OCH3 is 1. The summed E-state index contributed by atoms with van der Waals surface area (Å²) in [4.78, 5) is 16.5. The van der Waals surface area contributed by atoms with E-state index < -0.39 is 0 Å². The lowest BCUT2D eigenvalue weighted by Crippen LogP contribution is -2.36. The summed E-state index contributed by atoms with van der Waals surface area (Å²) in [6.45, 7) is 4.50. The molecule has 0 unspecified atom stereocenters. The van der Waals surface area contributed by atoms with E-state index in [0.29, 0.717) is 12.3 Å². The number of nitrogens with one attached hydrogen (secondary N) is 2. The maximum atomic E-state index is 12.0. The number of hydrogen-bond acceptors (Lipinski definition) is 3. The van der Waals surface area contributed by atoms with Gasteiger partial charge in [0.05, 0.1) is 11.2 Å². The highest BCUT2D eigenvalue weighted by Crippen LogP contribution is 2.21. The van der Waals surface area contributed by atoms with Crippen LogP contribution in [0.5, 0.6) is 0 Å². The number of para-hydroxylation sites is 1. The zero-order valence-corrected chi connectivity index (χ0v) is 12.6. The third kappa shape index (κ3) is 4.16. The fraction of sp³-hybridized carbons (Fsp3) is 0.375. The van der Waals surface area contributed by atoms with Crippen LogP contribution in [-0.2, 0) is 4.74 Å². The van der Waals surface area contributed by atoms with Crippen molar-refractivity contribution in [3.05, 3.63) is 36.0 Å². The molecule has 5 nitrogen and oxygen atoms in total. The number of ether oxygens (including phenoxy) is 1. The highest BCUT2D eigenvalue weighted by molar-refractivity contribution is 5.99. The van der Waals surface area contributed by atoms with Gasteiger partial charge >= 0.3 is 6.03 Å². The van der Waals surface area contributed by atoms with Crippen LogP contribution >= 0.6 is 0 Å². The summed E-state index contributed by atoms with van der Waals surface area (Å²) in [5.41, 5.74) is 2.44. The van der Waals surface area contributed by atoms with Crippen LogP contribution in [0.25, 0.3) is 10.9 Å². The van der Waals surface area contributed by atoms with Gasteiger partial charge in [0.2, 0.25) is 0 Å². The molecular formula is C16H21N3O2. The molecule has 0 saturated carbocycles. The van der Waals surface area contributed by atoms with Gasteiger partial charge in [0.25, 0.3) is 0 Å². The lowest BCUT2D eigenvalue weighted by Gasteiger charge is -2.15. The molecule has 0 fully saturated rings. The first kappa shape index (κ1) is 15.3. The van der Waals surface area contributed by atoms with Crippen LogP contribution < -0.4 is 10.6 Å². The Morgan fingerprint density at radius 3 is 2.90 bits per heavy atom. The molecule has 1 heterocycles. The fourth-order valence-corrected chi connectivity index (χ4v) is 2.09. The molecule has 2 N–H and O–H groups in total. The van der Waals surface area contributed by atoms with Crippen molar-refractivity contribution in [3.8, 4) is 0 Å². The van der Waals surface area contributed by atoms with Crippen molar-refractivity contribution in [2.75, 3.05) is 19.0 Å². The number of fused-ring (bicyclic) bond motifs is 1. The van der Waals surface area contributed by atoms with Gasteiger partial charge in [0, 0.05) is 30.8 Å². The van der Waals surface area contributed by atoms with E-state index in [1.165, 1.54) is 0 Å². The van der Waals surface area contributed by atoms with Crippen molar-refractivity contribution in [2.24, 2.45) is 0 Å². The third-order valence-electron chi connectivity index (χ3n) is 3.24. The van der Waals surface area contributed by atoms with Crippen LogP contribution in [0.1, 0.15) is 19.0 Å². The van der Waals surface area contributed by atoms with Gasteiger partial charge < -0.3 is 15.4 Å². The molecule has 0 aliphatic heterocycles. The maximum Gasteiger partial charge on any atom is 0.319 e. The van der Waals surface area contributed by atoms with Crippen LogP contribution in [0.2, 0.25) is 0 Å². The van der Waals surface area contributed by atoms with Gasteiger partial charge in [-0.3, -0.25) is 4.98 Å². The molecule has 0 aliphatic carbocycles. The molecule has 1 aromatic carbocycles. The lowest BCUT2D eigenvalue weighted by molar-refractivity contribution is 0.185. The van der Waals surface area contributed by atoms with Gasteiger partial charge in [-0.1, -0.05) is 18.2 Å². The Hall–Kier alpha value is -2.14. The van der Waals surface area contributed by atoms with Gasteiger partial charge in [-0.15, -0.1) is 0 Å². The van der Waals surface area contributed by atoms with Crippen LogP contribution in [0, 0.1) is 6.92 Å². The maximum absolute atomic E-state index is 12.0. The molecule has 2 rings (SSSR count). The number of amides is 2. The summed E-state index contributed by atoms with van der Waals surface area (Å²) in [5.74, 6) is 0. The molecule has 5 heteroatoms. The number of pyridine rings is 1. The quantitative estimate of drug-likeness (QED) is 0.888. The highest BCUT2D eigenvalue weighted by atomic mass is 16.5. The first-order valence-electron chi connectivity index (χ1n) is 7.03. The van der Waals surface area contributed by atoms with E-state index in [9.17, 15) is 4.79 Å². The molecule has 0 saturated heterocycles. The molecule has 112 valence electrons. The molecule has 0 radical (unpaired) electrons. The number of hydrogen-bond donors (Lipinski definition) is 2. The summed E-state index contributed by atoms with van der Waals surface area (Å²) in [6.07, 6.45) is 0.775. The summed E-state index contributed by atoms with van der Waals surface area (Å²) < 4.78 is 5.00. The first-order valence-corrected chi connectivity index (χ1v) is 7.03. The standard InChI is InChI=1S/C16H21N3O2/c1-11-7-8-13-5-4-6-14(15(13)17-11)19-16(20)18-12(2)9-10-21-3/h4-8,12H,9-10H2,1-3H3,(H2,18,19,20)/t12-/m1/s1. The lowest BCUT2D eigenvalue weighted by atomic mass is 10.2. The summed E-state index contributed by atoms with van der Waals surface area (Å²) in [5, 5.41) is 6.76. The first-order chi connectivity index (χ1) is 10.1. The molecule has 0 aliphatic rings. The van der Waals surface area contributed by atoms with E-state index in [0.717, 1.165) is 23.0 Å². The fourth-order valence-electron chi connectivity index (χ4n) is 2.09. The minimum Gasteiger partial charge on any atom is -0.385 e. The average molecular weight is 287 g/mol. The van der Waals surface area contributed by atoms with Crippen LogP contribution in [-0.4, -0.2) is 30.8 Å². The summed E-state index contributed by atoms with van der Waals surface area (Å²) in [7, 11) is 1.65. The molecule has 1 aromatic heterocycles. The second-order valence-electron chi connectivity index (χ2n) is 5.11. The second-order valence-corrected chi connectivity index (χ2v) is 5.11. The number of aromatic nitrogens is 1. The number of carbonyl (C=O) groups excluding carboxylic acids is 1. The van der Waals surface area contributed by atoms with Crippen molar-refractivity contribution >= 4 is 22.6 Å². The summed E-state index contributed by atoms with van der Waals surface area (Å²) in [6, 6.07) is 9.52. The van der Waals surface area contributed by atoms with E-state index in [2.05, 4.69) is 15.6 Å². The molecule has 0 spiro atoms. The van der Waals surface area contributed by atoms with E-state index in [4.69, 9.17) is 4.74 Å². The van der Waals surface area contributed by atoms with E-state index >= 15 is 0 Å². The van der Waals surface area contributed by atoms with Gasteiger partial charge in [-0.25, -0.2) is 4.79 Å². The molecular weight excluding hydrogens is 266 g/mol. The Morgan fingerprint density at radius 2 is 2.14 bits per heavy atom. The van der Waals surface area contributed by atoms with Crippen molar-refractivity contribution < 1.29 is 9.53 Å². The van der Waals surface area contributed by atoms with Crippen molar-refractivity contribution in [1.29, 1.82) is 0 Å². The Morgan fingerprint density at radius 1 is 1.33 bits per heavy atom. The molecule has 21 heavy (non-hydrogen) atoms. The Labute approximate surface area is 124 Å². The highest BCUT2D eigenvalue weighted by Gasteiger charge is 2.09. The van der Waals surface area contributed by atoms with Crippen molar-refractivity contribution in [2.45, 2.75) is 26.3 Å². The molecule has 2 aromatic rings. The minimum absolute atomic E-state index is 0.0506. The number of rotatable bonds is 5. The predicted octanol–water partition coefficient (Wildman–Crippen LogP) is 3.09. The molecule has 0 bridgehead atoms. The zero-order chi connectivity index (χ0) is 15.2. The Kier molecular flexibility index (Phi) is 5.11. The zero-order valence-electron chi connectivity index (χ0n) is 12.6. The molecule has 1 atom stereocenters. The SMILES string of the molecule is COCC[C@@H](C)NC(=O)Nc1cccc2ccc(C)nc12. The smallest absolute Gasteiger partial charge is 0.319 e. The van der Waals surface area contributed by atoms with E-state index in [1.54, 1.807) is 7.11 Å².